The molecule has 12 nitrogen and oxygen atoms in total. The Morgan fingerprint density at radius 3 is 2.02 bits per heavy atom. The van der Waals surface area contributed by atoms with Crippen LogP contribution in [0.15, 0.2) is 0 Å². The fourth-order valence-corrected chi connectivity index (χ4v) is 8.19. The maximum atomic E-state index is 14.4. The Bertz CT molecular complexity index is 1220. The Kier molecular flexibility index (Phi) is 13.7. The molecule has 0 spiro atoms. The van der Waals surface area contributed by atoms with Crippen LogP contribution in [0.2, 0.25) is 0 Å². The molecule has 0 radical (unpaired) electrons. The molecule has 1 aliphatic heterocycles. The molecule has 2 unspecified atom stereocenters. The van der Waals surface area contributed by atoms with Gasteiger partial charge in [-0.2, -0.15) is 0 Å². The maximum absolute atomic E-state index is 14.4. The molecule has 1 aliphatic carbocycles. The van der Waals surface area contributed by atoms with E-state index in [-0.39, 0.29) is 30.1 Å². The van der Waals surface area contributed by atoms with Crippen molar-refractivity contribution in [3.05, 3.63) is 0 Å². The molecular formula is C33H59N5O7S. The van der Waals surface area contributed by atoms with E-state index in [0.717, 1.165) is 25.5 Å². The molecule has 0 aromatic carbocycles. The summed E-state index contributed by atoms with van der Waals surface area (Å²) < 4.78 is 24.6. The van der Waals surface area contributed by atoms with Gasteiger partial charge in [-0.3, -0.25) is 19.2 Å². The molecule has 0 aromatic heterocycles. The predicted molar refractivity (Wildman–Crippen MR) is 179 cm³/mol. The van der Waals surface area contributed by atoms with Gasteiger partial charge in [0.2, 0.25) is 17.6 Å². The average Bonchev–Trinajstić information content (AvgIpc) is 3.39. The van der Waals surface area contributed by atoms with Crippen molar-refractivity contribution in [2.24, 2.45) is 16.7 Å². The van der Waals surface area contributed by atoms with Crippen molar-refractivity contribution in [2.75, 3.05) is 25.1 Å². The van der Waals surface area contributed by atoms with E-state index >= 15 is 0 Å². The lowest BCUT2D eigenvalue weighted by Crippen LogP contribution is -2.63. The first-order valence-electron chi connectivity index (χ1n) is 16.8. The molecular weight excluding hydrogens is 610 g/mol. The smallest absolute Gasteiger partial charge is 0.315 e. The van der Waals surface area contributed by atoms with E-state index in [4.69, 9.17) is 0 Å². The van der Waals surface area contributed by atoms with E-state index in [1.54, 1.807) is 0 Å². The second kappa shape index (κ2) is 15.9. The summed E-state index contributed by atoms with van der Waals surface area (Å²) in [6, 6.07) is -3.62. The number of hydrogen-bond donors (Lipinski definition) is 4. The van der Waals surface area contributed by atoms with E-state index in [2.05, 4.69) is 21.3 Å². The summed E-state index contributed by atoms with van der Waals surface area (Å²) in [5.74, 6) is -2.85. The highest BCUT2D eigenvalue weighted by Gasteiger charge is 2.50. The molecule has 13 heteroatoms. The van der Waals surface area contributed by atoms with Crippen LogP contribution < -0.4 is 21.3 Å². The van der Waals surface area contributed by atoms with Crippen LogP contribution in [0, 0.1) is 16.7 Å². The quantitative estimate of drug-likeness (QED) is 0.218. The summed E-state index contributed by atoms with van der Waals surface area (Å²) in [7, 11) is -3.39. The van der Waals surface area contributed by atoms with Crippen molar-refractivity contribution in [3.63, 3.8) is 0 Å². The van der Waals surface area contributed by atoms with E-state index < -0.39 is 68.5 Å². The Balaban J connectivity index is 2.38. The SMILES string of the molecule is CCCNC(=O)C(=O)C(CCC)NC(=O)[C@@H]1C(C(C)(C)C)CCN1C(=O)[C@@H](NC(=O)NC1(CS(C)(=O)=O)CCCCC1)C(C)(C)C. The van der Waals surface area contributed by atoms with Gasteiger partial charge in [0, 0.05) is 19.3 Å². The molecule has 264 valence electrons. The molecule has 0 aromatic rings. The van der Waals surface area contributed by atoms with Gasteiger partial charge in [-0.15, -0.1) is 0 Å². The molecule has 1 saturated heterocycles. The van der Waals surface area contributed by atoms with Gasteiger partial charge < -0.3 is 26.2 Å². The van der Waals surface area contributed by atoms with Crippen molar-refractivity contribution in [2.45, 2.75) is 137 Å². The molecule has 2 fully saturated rings. The number of rotatable bonds is 13. The van der Waals surface area contributed by atoms with Gasteiger partial charge in [0.1, 0.15) is 21.9 Å². The van der Waals surface area contributed by atoms with E-state index in [9.17, 15) is 32.4 Å². The number of nitrogens with zero attached hydrogens (tertiary/aromatic N) is 1. The molecule has 1 saturated carbocycles. The fourth-order valence-electron chi connectivity index (χ4n) is 6.83. The van der Waals surface area contributed by atoms with Crippen molar-refractivity contribution in [3.8, 4) is 0 Å². The predicted octanol–water partition coefficient (Wildman–Crippen LogP) is 3.09. The summed E-state index contributed by atoms with van der Waals surface area (Å²) in [4.78, 5) is 68.9. The first kappa shape index (κ1) is 39.5. The van der Waals surface area contributed by atoms with Gasteiger partial charge in [0.15, 0.2) is 0 Å². The third-order valence-corrected chi connectivity index (χ3v) is 10.2. The zero-order valence-electron chi connectivity index (χ0n) is 29.5. The molecule has 0 bridgehead atoms. The van der Waals surface area contributed by atoms with Gasteiger partial charge in [0.25, 0.3) is 5.91 Å². The number of amides is 5. The summed E-state index contributed by atoms with van der Waals surface area (Å²) >= 11 is 0. The van der Waals surface area contributed by atoms with Gasteiger partial charge in [-0.25, -0.2) is 13.2 Å². The minimum Gasteiger partial charge on any atom is -0.349 e. The molecule has 46 heavy (non-hydrogen) atoms. The molecule has 2 rings (SSSR count). The topological polar surface area (TPSA) is 171 Å². The maximum Gasteiger partial charge on any atom is 0.315 e. The summed E-state index contributed by atoms with van der Waals surface area (Å²) in [5, 5.41) is 11.2. The Morgan fingerprint density at radius 2 is 1.52 bits per heavy atom. The molecule has 1 heterocycles. The number of Topliss-reactive ketones (excluding diaryl/α,β-unsaturated/α-hetero) is 1. The summed E-state index contributed by atoms with van der Waals surface area (Å²) in [6.07, 6.45) is 6.77. The third-order valence-electron chi connectivity index (χ3n) is 9.15. The largest absolute Gasteiger partial charge is 0.349 e. The highest BCUT2D eigenvalue weighted by atomic mass is 32.2. The minimum absolute atomic E-state index is 0.183. The van der Waals surface area contributed by atoms with Gasteiger partial charge in [0.05, 0.1) is 17.3 Å². The number of likely N-dealkylation sites (tertiary alicyclic amines) is 1. The van der Waals surface area contributed by atoms with E-state index in [0.29, 0.717) is 38.6 Å². The molecule has 5 amide bonds. The van der Waals surface area contributed by atoms with Crippen molar-refractivity contribution in [1.82, 2.24) is 26.2 Å². The highest BCUT2D eigenvalue weighted by Crippen LogP contribution is 2.40. The number of carbonyl (C=O) groups excluding carboxylic acids is 5. The zero-order valence-corrected chi connectivity index (χ0v) is 30.3. The van der Waals surface area contributed by atoms with Crippen LogP contribution in [0.5, 0.6) is 0 Å². The first-order valence-corrected chi connectivity index (χ1v) is 18.9. The van der Waals surface area contributed by atoms with Crippen LogP contribution in [0.1, 0.15) is 113 Å². The number of nitrogens with one attached hydrogen (secondary N) is 4. The van der Waals surface area contributed by atoms with E-state index in [1.165, 1.54) is 4.90 Å². The third kappa shape index (κ3) is 10.9. The Hall–Kier alpha value is -2.70. The zero-order chi connectivity index (χ0) is 35.1. The number of ketones is 1. The van der Waals surface area contributed by atoms with Crippen LogP contribution >= 0.6 is 0 Å². The second-order valence-corrected chi connectivity index (χ2v) is 17.7. The Labute approximate surface area is 276 Å². The number of hydrogen-bond acceptors (Lipinski definition) is 7. The number of carbonyl (C=O) groups is 5. The molecule has 4 atom stereocenters. The van der Waals surface area contributed by atoms with Crippen LogP contribution in [-0.4, -0.2) is 91.6 Å². The van der Waals surface area contributed by atoms with Gasteiger partial charge in [-0.1, -0.05) is 81.1 Å². The normalized spacial score (nSPS) is 21.5. The van der Waals surface area contributed by atoms with Crippen molar-refractivity contribution in [1.29, 1.82) is 0 Å². The molecule has 4 N–H and O–H groups in total. The van der Waals surface area contributed by atoms with Crippen LogP contribution in [0.3, 0.4) is 0 Å². The van der Waals surface area contributed by atoms with Crippen LogP contribution in [0.25, 0.3) is 0 Å². The standard InChI is InChI=1S/C33H59N5O7S/c1-10-15-23(25(39)28(41)34-19-11-2)35-27(40)24-22(31(3,4)5)16-20-38(24)29(42)26(32(6,7)8)36-30(43)37-33(21-46(9,44)45)17-13-12-14-18-33/h22-24,26H,10-21H2,1-9H3,(H,34,41)(H,35,40)(H2,36,37,43)/t22?,23?,24-,26+/m0/s1. The van der Waals surface area contributed by atoms with Crippen molar-refractivity contribution < 1.29 is 32.4 Å². The van der Waals surface area contributed by atoms with Crippen molar-refractivity contribution >= 4 is 39.4 Å². The number of sulfone groups is 1. The van der Waals surface area contributed by atoms with Crippen LogP contribution in [-0.2, 0) is 29.0 Å². The lowest BCUT2D eigenvalue weighted by molar-refractivity contribution is -0.145. The lowest BCUT2D eigenvalue weighted by Gasteiger charge is -2.40. The lowest BCUT2D eigenvalue weighted by atomic mass is 9.75. The summed E-state index contributed by atoms with van der Waals surface area (Å²) in [5.41, 5.74) is -2.05. The average molecular weight is 670 g/mol. The van der Waals surface area contributed by atoms with Gasteiger partial charge in [-0.05, 0) is 48.9 Å². The number of urea groups is 1. The first-order chi connectivity index (χ1) is 21.2. The second-order valence-electron chi connectivity index (χ2n) is 15.5. The minimum atomic E-state index is -3.39. The van der Waals surface area contributed by atoms with E-state index in [1.807, 2.05) is 55.4 Å². The van der Waals surface area contributed by atoms with Gasteiger partial charge >= 0.3 is 6.03 Å². The summed E-state index contributed by atoms with van der Waals surface area (Å²) in [6.45, 7) is 15.8. The highest BCUT2D eigenvalue weighted by molar-refractivity contribution is 7.90. The fraction of sp³-hybridized carbons (Fsp3) is 0.848. The Morgan fingerprint density at radius 1 is 0.913 bits per heavy atom. The van der Waals surface area contributed by atoms with Crippen LogP contribution in [0.4, 0.5) is 4.79 Å². The monoisotopic (exact) mass is 669 g/mol. The molecule has 2 aliphatic rings.